The average Bonchev–Trinajstić information content (AvgIpc) is 3.89. The topological polar surface area (TPSA) is 30.7 Å². The summed E-state index contributed by atoms with van der Waals surface area (Å²) in [5, 5.41) is 4.75. The number of aromatic nitrogens is 3. The van der Waals surface area contributed by atoms with Crippen molar-refractivity contribution in [3.63, 3.8) is 0 Å². The second kappa shape index (κ2) is 21.9. The largest absolute Gasteiger partial charge is 0.249 e. The molecule has 0 spiro atoms. The van der Waals surface area contributed by atoms with Crippen LogP contribution in [0.15, 0.2) is 188 Å². The molecule has 0 aliphatic rings. The summed E-state index contributed by atoms with van der Waals surface area (Å²) < 4.78 is 1.92. The van der Waals surface area contributed by atoms with Gasteiger partial charge in [-0.15, -0.1) is 0 Å². The van der Waals surface area contributed by atoms with Gasteiger partial charge in [0, 0.05) is 19.0 Å². The Labute approximate surface area is 485 Å². The first-order valence-electron chi connectivity index (χ1n) is 29.3. The maximum atomic E-state index is 4.96. The molecule has 0 amide bonds. The summed E-state index contributed by atoms with van der Waals surface area (Å²) in [7, 11) is 2.00. The smallest absolute Gasteiger partial charge is 0.158 e. The van der Waals surface area contributed by atoms with Crippen molar-refractivity contribution in [1.82, 2.24) is 14.8 Å². The molecule has 0 unspecified atom stereocenters. The highest BCUT2D eigenvalue weighted by atomic mass is 15.3. The van der Waals surface area contributed by atoms with Crippen molar-refractivity contribution >= 4 is 0 Å². The van der Waals surface area contributed by atoms with E-state index < -0.39 is 0 Å². The van der Waals surface area contributed by atoms with Crippen molar-refractivity contribution in [2.75, 3.05) is 0 Å². The molecule has 0 atom stereocenters. The minimum atomic E-state index is 0.0503. The molecule has 0 N–H and O–H groups in total. The molecule has 0 saturated heterocycles. The Balaban J connectivity index is 1.19. The predicted octanol–water partition coefficient (Wildman–Crippen LogP) is 21.6. The van der Waals surface area contributed by atoms with Gasteiger partial charge < -0.3 is 0 Å². The van der Waals surface area contributed by atoms with Crippen LogP contribution in [0.3, 0.4) is 0 Å². The van der Waals surface area contributed by atoms with Gasteiger partial charge in [-0.25, -0.2) is 9.67 Å². The Morgan fingerprint density at radius 1 is 0.321 bits per heavy atom. The lowest BCUT2D eigenvalue weighted by Gasteiger charge is -2.21. The van der Waals surface area contributed by atoms with Gasteiger partial charge in [0.2, 0.25) is 0 Å². The van der Waals surface area contributed by atoms with Crippen LogP contribution in [0, 0.1) is 13.8 Å². The van der Waals surface area contributed by atoms with Crippen molar-refractivity contribution < 1.29 is 0 Å². The third-order valence-corrected chi connectivity index (χ3v) is 16.4. The molecule has 10 rings (SSSR count). The Morgan fingerprint density at radius 2 is 0.580 bits per heavy atom. The Kier molecular flexibility index (Phi) is 15.2. The highest BCUT2D eigenvalue weighted by Crippen LogP contribution is 2.43. The van der Waals surface area contributed by atoms with Crippen LogP contribution in [0.4, 0.5) is 0 Å². The Hall–Kier alpha value is -7.88. The minimum Gasteiger partial charge on any atom is -0.249 e. The summed E-state index contributed by atoms with van der Waals surface area (Å²) in [6.45, 7) is 34.1. The van der Waals surface area contributed by atoms with E-state index in [1.165, 1.54) is 111 Å². The maximum absolute atomic E-state index is 4.96. The van der Waals surface area contributed by atoms with Gasteiger partial charge in [0.25, 0.3) is 0 Å². The van der Waals surface area contributed by atoms with E-state index >= 15 is 0 Å². The van der Waals surface area contributed by atoms with Gasteiger partial charge >= 0.3 is 0 Å². The van der Waals surface area contributed by atoms with E-state index in [1.54, 1.807) is 0 Å². The molecule has 81 heavy (non-hydrogen) atoms. The normalized spacial score (nSPS) is 12.3. The first-order chi connectivity index (χ1) is 38.3. The number of rotatable bonds is 11. The zero-order chi connectivity index (χ0) is 57.8. The van der Waals surface area contributed by atoms with Crippen molar-refractivity contribution in [2.24, 2.45) is 7.05 Å². The second-order valence-electron chi connectivity index (χ2n) is 27.0. The third kappa shape index (κ3) is 12.4. The summed E-state index contributed by atoms with van der Waals surface area (Å²) in [4.78, 5) is 4.96. The van der Waals surface area contributed by atoms with Crippen LogP contribution in [0.25, 0.3) is 100 Å². The van der Waals surface area contributed by atoms with Gasteiger partial charge in [-0.05, 0) is 225 Å². The van der Waals surface area contributed by atoms with E-state index in [4.69, 9.17) is 10.1 Å². The van der Waals surface area contributed by atoms with Crippen LogP contribution in [0.5, 0.6) is 0 Å². The average molecular weight is 1060 g/mol. The number of aryl methyl sites for hydroxylation is 4. The Bertz CT molecular complexity index is 3540. The summed E-state index contributed by atoms with van der Waals surface area (Å²) >= 11 is 0. The molecule has 0 saturated carbocycles. The first-order valence-corrected chi connectivity index (χ1v) is 29.3. The zero-order valence-electron chi connectivity index (χ0n) is 51.2. The molecule has 10 aromatic rings. The van der Waals surface area contributed by atoms with E-state index in [1.807, 2.05) is 11.7 Å². The maximum Gasteiger partial charge on any atom is 0.158 e. The van der Waals surface area contributed by atoms with Crippen molar-refractivity contribution in [2.45, 2.75) is 138 Å². The standard InChI is InChI=1S/C78H83N3/c1-17-19-72-79-74(81(16)80-72)57-21-18-20-56(40-57)73-50(2)38-58(39-51(73)3)63-47-66(64-43-59(52-22-30-68(31-23-52)75(4,5)6)41-60(44-64)53-24-32-69(33-25-53)76(7,8)9)49-67(48-63)65-45-61(54-26-34-70(35-27-54)77(10,11)12)42-62(46-65)55-28-36-71(37-29-55)78(13,14)15/h18,20-49H,17,19H2,1-16H3. The van der Waals surface area contributed by atoms with Crippen LogP contribution >= 0.6 is 0 Å². The van der Waals surface area contributed by atoms with Crippen LogP contribution in [0.2, 0.25) is 0 Å². The van der Waals surface area contributed by atoms with Crippen LogP contribution in [-0.4, -0.2) is 14.8 Å². The van der Waals surface area contributed by atoms with Gasteiger partial charge in [-0.2, -0.15) is 5.10 Å². The summed E-state index contributed by atoms with van der Waals surface area (Å²) in [5.41, 5.74) is 28.0. The van der Waals surface area contributed by atoms with E-state index in [-0.39, 0.29) is 21.7 Å². The lowest BCUT2D eigenvalue weighted by Crippen LogP contribution is -2.10. The van der Waals surface area contributed by atoms with Gasteiger partial charge in [-0.3, -0.25) is 0 Å². The molecule has 0 bridgehead atoms. The SMILES string of the molecule is CCCc1nc(-c2cccc(-c3c(C)cc(-c4cc(-c5cc(-c6ccc(C(C)(C)C)cc6)cc(-c6ccc(C(C)(C)C)cc6)c5)cc(-c5cc(-c6ccc(C(C)(C)C)cc6)cc(-c6ccc(C(C)(C)C)cc6)c5)c4)cc3C)c2)n(C)n1. The number of hydrogen-bond acceptors (Lipinski definition) is 2. The minimum absolute atomic E-state index is 0.0503. The van der Waals surface area contributed by atoms with Gasteiger partial charge in [0.1, 0.15) is 0 Å². The first kappa shape index (κ1) is 56.4. The molecule has 3 nitrogen and oxygen atoms in total. The van der Waals surface area contributed by atoms with E-state index in [9.17, 15) is 0 Å². The molecule has 0 radical (unpaired) electrons. The van der Waals surface area contributed by atoms with Gasteiger partial charge in [0.15, 0.2) is 11.6 Å². The summed E-state index contributed by atoms with van der Waals surface area (Å²) in [6.07, 6.45) is 1.87. The fourth-order valence-corrected chi connectivity index (χ4v) is 11.5. The molecular weight excluding hydrogens is 979 g/mol. The molecule has 410 valence electrons. The van der Waals surface area contributed by atoms with E-state index in [0.29, 0.717) is 0 Å². The lowest BCUT2D eigenvalue weighted by atomic mass is 9.84. The molecular formula is C78H83N3. The van der Waals surface area contributed by atoms with Crippen molar-refractivity contribution in [3.05, 3.63) is 227 Å². The molecule has 0 aliphatic heterocycles. The van der Waals surface area contributed by atoms with Crippen LogP contribution in [-0.2, 0) is 35.1 Å². The fourth-order valence-electron chi connectivity index (χ4n) is 11.5. The molecule has 1 heterocycles. The second-order valence-corrected chi connectivity index (χ2v) is 27.0. The molecule has 1 aromatic heterocycles. The number of benzene rings is 9. The number of nitrogens with zero attached hydrogens (tertiary/aromatic N) is 3. The van der Waals surface area contributed by atoms with Gasteiger partial charge in [0.05, 0.1) is 0 Å². The zero-order valence-corrected chi connectivity index (χ0v) is 51.2. The Morgan fingerprint density at radius 3 is 0.864 bits per heavy atom. The number of hydrogen-bond donors (Lipinski definition) is 0. The van der Waals surface area contributed by atoms with Crippen LogP contribution < -0.4 is 0 Å². The fraction of sp³-hybridized carbons (Fsp3) is 0.282. The van der Waals surface area contributed by atoms with E-state index in [0.717, 1.165) is 41.2 Å². The van der Waals surface area contributed by atoms with Crippen molar-refractivity contribution in [1.29, 1.82) is 0 Å². The molecule has 3 heteroatoms. The lowest BCUT2D eigenvalue weighted by molar-refractivity contribution is 0.590. The highest BCUT2D eigenvalue weighted by molar-refractivity contribution is 5.90. The van der Waals surface area contributed by atoms with Crippen molar-refractivity contribution in [3.8, 4) is 100 Å². The van der Waals surface area contributed by atoms with Crippen LogP contribution in [0.1, 0.15) is 136 Å². The predicted molar refractivity (Wildman–Crippen MR) is 348 cm³/mol. The van der Waals surface area contributed by atoms with E-state index in [2.05, 4.69) is 292 Å². The molecule has 0 aliphatic carbocycles. The summed E-state index contributed by atoms with van der Waals surface area (Å²) in [6, 6.07) is 72.2. The summed E-state index contributed by atoms with van der Waals surface area (Å²) in [5.74, 6) is 1.78. The molecule has 9 aromatic carbocycles. The van der Waals surface area contributed by atoms with Gasteiger partial charge in [-0.1, -0.05) is 217 Å². The third-order valence-electron chi connectivity index (χ3n) is 16.4. The quantitative estimate of drug-likeness (QED) is 0.129. The monoisotopic (exact) mass is 1060 g/mol. The molecule has 0 fully saturated rings. The highest BCUT2D eigenvalue weighted by Gasteiger charge is 2.21.